The summed E-state index contributed by atoms with van der Waals surface area (Å²) in [6.45, 7) is 3.52. The van der Waals surface area contributed by atoms with Crippen LogP contribution < -0.4 is 10.2 Å². The molecule has 1 fully saturated rings. The Morgan fingerprint density at radius 2 is 1.75 bits per heavy atom. The second-order valence-corrected chi connectivity index (χ2v) is 7.66. The number of anilines is 2. The van der Waals surface area contributed by atoms with Gasteiger partial charge in [-0.2, -0.15) is 26.3 Å². The van der Waals surface area contributed by atoms with Gasteiger partial charge in [0.05, 0.1) is 17.3 Å². The maximum absolute atomic E-state index is 13.5. The molecule has 1 saturated heterocycles. The van der Waals surface area contributed by atoms with E-state index < -0.39 is 29.4 Å². The smallest absolute Gasteiger partial charge is 0.359 e. The standard InChI is InChI=1S/C22H23F6N3O/c1-3-31-9-5-8-19(31)30(2)18-11-14(10-16(13-18)22(26,27)28)20(32)29-17-7-4-6-15(12-17)21(23,24)25/h4,6-7,10-13,19H,3,5,8-9H2,1-2H3,(H,29,32). The van der Waals surface area contributed by atoms with Crippen LogP contribution in [-0.2, 0) is 12.4 Å². The Balaban J connectivity index is 1.93. The second-order valence-electron chi connectivity index (χ2n) is 7.66. The number of hydrogen-bond acceptors (Lipinski definition) is 3. The summed E-state index contributed by atoms with van der Waals surface area (Å²) in [7, 11) is 1.67. The Labute approximate surface area is 181 Å². The van der Waals surface area contributed by atoms with E-state index in [9.17, 15) is 31.1 Å². The number of halogens is 6. The lowest BCUT2D eigenvalue weighted by Crippen LogP contribution is -2.42. The highest BCUT2D eigenvalue weighted by Crippen LogP contribution is 2.35. The molecular weight excluding hydrogens is 436 g/mol. The number of carbonyl (C=O) groups is 1. The number of alkyl halides is 6. The van der Waals surface area contributed by atoms with Crippen LogP contribution in [0.15, 0.2) is 42.5 Å². The number of benzene rings is 2. The molecule has 2 aromatic carbocycles. The Bertz CT molecular complexity index is 973. The van der Waals surface area contributed by atoms with Crippen molar-refractivity contribution in [2.75, 3.05) is 30.4 Å². The van der Waals surface area contributed by atoms with E-state index in [2.05, 4.69) is 10.2 Å². The van der Waals surface area contributed by atoms with Crippen molar-refractivity contribution >= 4 is 17.3 Å². The zero-order valence-corrected chi connectivity index (χ0v) is 17.5. The van der Waals surface area contributed by atoms with Crippen molar-refractivity contribution in [2.45, 2.75) is 38.3 Å². The molecule has 4 nitrogen and oxygen atoms in total. The average molecular weight is 459 g/mol. The molecule has 0 aromatic heterocycles. The first kappa shape index (κ1) is 23.9. The van der Waals surface area contributed by atoms with Crippen LogP contribution in [0, 0.1) is 0 Å². The van der Waals surface area contributed by atoms with E-state index in [1.165, 1.54) is 12.1 Å². The maximum Gasteiger partial charge on any atom is 0.416 e. The molecule has 0 aliphatic carbocycles. The van der Waals surface area contributed by atoms with Gasteiger partial charge in [0.2, 0.25) is 0 Å². The quantitative estimate of drug-likeness (QED) is 0.570. The van der Waals surface area contributed by atoms with Gasteiger partial charge in [-0.15, -0.1) is 0 Å². The van der Waals surface area contributed by atoms with Crippen LogP contribution in [-0.4, -0.2) is 37.1 Å². The number of amides is 1. The summed E-state index contributed by atoms with van der Waals surface area (Å²) in [5, 5.41) is 2.27. The summed E-state index contributed by atoms with van der Waals surface area (Å²) >= 11 is 0. The van der Waals surface area contributed by atoms with Crippen molar-refractivity contribution in [1.29, 1.82) is 0 Å². The number of likely N-dealkylation sites (tertiary alicyclic amines) is 1. The first-order valence-electron chi connectivity index (χ1n) is 10.1. The monoisotopic (exact) mass is 459 g/mol. The van der Waals surface area contributed by atoms with Gasteiger partial charge in [-0.1, -0.05) is 13.0 Å². The molecule has 1 amide bonds. The average Bonchev–Trinajstić information content (AvgIpc) is 3.20. The number of nitrogens with one attached hydrogen (secondary N) is 1. The predicted molar refractivity (Wildman–Crippen MR) is 110 cm³/mol. The molecule has 32 heavy (non-hydrogen) atoms. The number of rotatable bonds is 5. The molecule has 1 N–H and O–H groups in total. The van der Waals surface area contributed by atoms with Gasteiger partial charge in [0, 0.05) is 30.5 Å². The molecule has 1 aliphatic heterocycles. The van der Waals surface area contributed by atoms with E-state index >= 15 is 0 Å². The van der Waals surface area contributed by atoms with E-state index in [0.29, 0.717) is 6.07 Å². The fourth-order valence-corrected chi connectivity index (χ4v) is 3.87. The van der Waals surface area contributed by atoms with Crippen molar-refractivity contribution < 1.29 is 31.1 Å². The van der Waals surface area contributed by atoms with Crippen LogP contribution in [0.2, 0.25) is 0 Å². The molecule has 1 atom stereocenters. The molecule has 1 heterocycles. The lowest BCUT2D eigenvalue weighted by atomic mass is 10.1. The van der Waals surface area contributed by atoms with Crippen LogP contribution >= 0.6 is 0 Å². The fraction of sp³-hybridized carbons (Fsp3) is 0.409. The maximum atomic E-state index is 13.5. The molecule has 1 aliphatic rings. The van der Waals surface area contributed by atoms with Crippen LogP contribution in [0.5, 0.6) is 0 Å². The third-order valence-electron chi connectivity index (χ3n) is 5.54. The lowest BCUT2D eigenvalue weighted by molar-refractivity contribution is -0.138. The SMILES string of the molecule is CCN1CCCC1N(C)c1cc(C(=O)Nc2cccc(C(F)(F)F)c2)cc(C(F)(F)F)c1. The lowest BCUT2D eigenvalue weighted by Gasteiger charge is -2.34. The van der Waals surface area contributed by atoms with Gasteiger partial charge < -0.3 is 10.2 Å². The first-order valence-corrected chi connectivity index (χ1v) is 10.1. The molecular formula is C22H23F6N3O. The highest BCUT2D eigenvalue weighted by Gasteiger charge is 2.34. The zero-order chi connectivity index (χ0) is 23.7. The predicted octanol–water partition coefficient (Wildman–Crippen LogP) is 5.85. The van der Waals surface area contributed by atoms with Crippen molar-refractivity contribution in [3.8, 4) is 0 Å². The molecule has 0 bridgehead atoms. The molecule has 10 heteroatoms. The van der Waals surface area contributed by atoms with Crippen molar-refractivity contribution in [3.63, 3.8) is 0 Å². The number of carbonyl (C=O) groups excluding carboxylic acids is 1. The number of hydrogen-bond donors (Lipinski definition) is 1. The molecule has 0 spiro atoms. The summed E-state index contributed by atoms with van der Waals surface area (Å²) in [6.07, 6.45) is -7.73. The third kappa shape index (κ3) is 5.35. The van der Waals surface area contributed by atoms with Gasteiger partial charge >= 0.3 is 12.4 Å². The van der Waals surface area contributed by atoms with E-state index in [-0.39, 0.29) is 23.1 Å². The third-order valence-corrected chi connectivity index (χ3v) is 5.54. The summed E-state index contributed by atoms with van der Waals surface area (Å²) in [5.74, 6) is -0.927. The largest absolute Gasteiger partial charge is 0.416 e. The zero-order valence-electron chi connectivity index (χ0n) is 17.5. The Hall–Kier alpha value is -2.75. The minimum Gasteiger partial charge on any atom is -0.359 e. The van der Waals surface area contributed by atoms with E-state index in [0.717, 1.165) is 50.2 Å². The highest BCUT2D eigenvalue weighted by atomic mass is 19.4. The van der Waals surface area contributed by atoms with Crippen molar-refractivity contribution in [1.82, 2.24) is 4.90 Å². The Morgan fingerprint density at radius 1 is 1.06 bits per heavy atom. The van der Waals surface area contributed by atoms with Crippen LogP contribution in [0.25, 0.3) is 0 Å². The fourth-order valence-electron chi connectivity index (χ4n) is 3.87. The highest BCUT2D eigenvalue weighted by molar-refractivity contribution is 6.05. The summed E-state index contributed by atoms with van der Waals surface area (Å²) in [5.41, 5.74) is -2.22. The molecule has 0 radical (unpaired) electrons. The van der Waals surface area contributed by atoms with Gasteiger partial charge in [-0.3, -0.25) is 9.69 Å². The van der Waals surface area contributed by atoms with E-state index in [4.69, 9.17) is 0 Å². The van der Waals surface area contributed by atoms with Gasteiger partial charge in [0.25, 0.3) is 5.91 Å². The first-order chi connectivity index (χ1) is 14.9. The second kappa shape index (κ2) is 9.01. The topological polar surface area (TPSA) is 35.6 Å². The van der Waals surface area contributed by atoms with Crippen molar-refractivity contribution in [3.05, 3.63) is 59.2 Å². The van der Waals surface area contributed by atoms with Gasteiger partial charge in [0.1, 0.15) is 0 Å². The van der Waals surface area contributed by atoms with Gasteiger partial charge in [0.15, 0.2) is 0 Å². The van der Waals surface area contributed by atoms with Gasteiger partial charge in [-0.25, -0.2) is 0 Å². The normalized spacial score (nSPS) is 17.4. The molecule has 0 saturated carbocycles. The minimum absolute atomic E-state index is 0.108. The molecule has 2 aromatic rings. The minimum atomic E-state index is -4.69. The Kier molecular flexibility index (Phi) is 6.73. The molecule has 3 rings (SSSR count). The molecule has 174 valence electrons. The van der Waals surface area contributed by atoms with Crippen LogP contribution in [0.4, 0.5) is 37.7 Å². The molecule has 1 unspecified atom stereocenters. The van der Waals surface area contributed by atoms with E-state index in [1.807, 2.05) is 6.92 Å². The van der Waals surface area contributed by atoms with Crippen LogP contribution in [0.1, 0.15) is 41.3 Å². The summed E-state index contributed by atoms with van der Waals surface area (Å²) < 4.78 is 79.3. The van der Waals surface area contributed by atoms with Gasteiger partial charge in [-0.05, 0) is 55.8 Å². The summed E-state index contributed by atoms with van der Waals surface area (Å²) in [6, 6.07) is 6.93. The summed E-state index contributed by atoms with van der Waals surface area (Å²) in [4.78, 5) is 16.5. The number of nitrogens with zero attached hydrogens (tertiary/aromatic N) is 2. The van der Waals surface area contributed by atoms with Crippen molar-refractivity contribution in [2.24, 2.45) is 0 Å². The Morgan fingerprint density at radius 3 is 2.38 bits per heavy atom. The van der Waals surface area contributed by atoms with Crippen LogP contribution in [0.3, 0.4) is 0 Å². The van der Waals surface area contributed by atoms with E-state index in [1.54, 1.807) is 11.9 Å².